The molecular weight excluding hydrogens is 246 g/mol. The highest BCUT2D eigenvalue weighted by Crippen LogP contribution is 2.40. The molecule has 0 radical (unpaired) electrons. The van der Waals surface area contributed by atoms with Gasteiger partial charge >= 0.3 is 0 Å². The highest BCUT2D eigenvalue weighted by molar-refractivity contribution is 4.89. The minimum atomic E-state index is 0.458. The normalized spacial score (nSPS) is 28.4. The van der Waals surface area contributed by atoms with E-state index >= 15 is 0 Å². The molecule has 1 saturated carbocycles. The fourth-order valence-electron chi connectivity index (χ4n) is 3.49. The second-order valence-electron chi connectivity index (χ2n) is 8.10. The van der Waals surface area contributed by atoms with E-state index in [0.717, 1.165) is 18.4 Å². The second-order valence-corrected chi connectivity index (χ2v) is 8.10. The van der Waals surface area contributed by atoms with E-state index in [4.69, 9.17) is 0 Å². The van der Waals surface area contributed by atoms with E-state index in [2.05, 4.69) is 64.1 Å². The van der Waals surface area contributed by atoms with Gasteiger partial charge < -0.3 is 15.1 Å². The molecule has 3 heteroatoms. The first-order valence-corrected chi connectivity index (χ1v) is 8.24. The molecule has 0 aromatic carbocycles. The number of rotatable bonds is 6. The Labute approximate surface area is 127 Å². The minimum Gasteiger partial charge on any atom is -0.317 e. The molecule has 1 aliphatic rings. The zero-order chi connectivity index (χ0) is 15.3. The van der Waals surface area contributed by atoms with Crippen LogP contribution in [0.4, 0.5) is 0 Å². The molecule has 3 unspecified atom stereocenters. The lowest BCUT2D eigenvalue weighted by Crippen LogP contribution is -2.46. The molecule has 0 aromatic heterocycles. The lowest BCUT2D eigenvalue weighted by Gasteiger charge is -2.43. The third-order valence-corrected chi connectivity index (χ3v) is 5.05. The van der Waals surface area contributed by atoms with Crippen LogP contribution in [0.2, 0.25) is 0 Å². The molecular formula is C17H37N3. The molecule has 1 N–H and O–H groups in total. The molecule has 0 bridgehead atoms. The van der Waals surface area contributed by atoms with E-state index < -0.39 is 0 Å². The molecule has 3 atom stereocenters. The number of likely N-dealkylation sites (N-methyl/N-ethyl adjacent to an activating group) is 2. The van der Waals surface area contributed by atoms with Crippen LogP contribution < -0.4 is 5.32 Å². The van der Waals surface area contributed by atoms with Crippen molar-refractivity contribution < 1.29 is 0 Å². The van der Waals surface area contributed by atoms with Gasteiger partial charge in [0.25, 0.3) is 0 Å². The van der Waals surface area contributed by atoms with Gasteiger partial charge in [-0.2, -0.15) is 0 Å². The van der Waals surface area contributed by atoms with Crippen molar-refractivity contribution in [1.82, 2.24) is 15.1 Å². The van der Waals surface area contributed by atoms with E-state index in [1.165, 1.54) is 32.4 Å². The fourth-order valence-corrected chi connectivity index (χ4v) is 3.49. The van der Waals surface area contributed by atoms with Crippen LogP contribution in [0.1, 0.15) is 40.0 Å². The van der Waals surface area contributed by atoms with Gasteiger partial charge in [-0.3, -0.25) is 0 Å². The number of nitrogens with one attached hydrogen (secondary N) is 1. The van der Waals surface area contributed by atoms with E-state index in [1.807, 2.05) is 0 Å². The van der Waals surface area contributed by atoms with Gasteiger partial charge in [0.05, 0.1) is 0 Å². The molecule has 0 saturated heterocycles. The van der Waals surface area contributed by atoms with Gasteiger partial charge in [0.1, 0.15) is 0 Å². The van der Waals surface area contributed by atoms with Gasteiger partial charge in [-0.25, -0.2) is 0 Å². The molecule has 1 aliphatic carbocycles. The highest BCUT2D eigenvalue weighted by atomic mass is 15.2. The first kappa shape index (κ1) is 17.9. The van der Waals surface area contributed by atoms with Gasteiger partial charge in [0.15, 0.2) is 0 Å². The lowest BCUT2D eigenvalue weighted by atomic mass is 9.67. The van der Waals surface area contributed by atoms with E-state index in [9.17, 15) is 0 Å². The summed E-state index contributed by atoms with van der Waals surface area (Å²) in [6, 6.07) is 0.704. The minimum absolute atomic E-state index is 0.458. The number of hydrogen-bond acceptors (Lipinski definition) is 3. The Balaban J connectivity index is 2.54. The first-order chi connectivity index (χ1) is 9.24. The smallest absolute Gasteiger partial charge is 0.0106 e. The predicted molar refractivity (Wildman–Crippen MR) is 89.2 cm³/mol. The average Bonchev–Trinajstić information content (AvgIpc) is 2.35. The van der Waals surface area contributed by atoms with Crippen LogP contribution in [-0.2, 0) is 0 Å². The van der Waals surface area contributed by atoms with Crippen LogP contribution in [0.25, 0.3) is 0 Å². The summed E-state index contributed by atoms with van der Waals surface area (Å²) in [4.78, 5) is 4.78. The Morgan fingerprint density at radius 1 is 1.05 bits per heavy atom. The number of nitrogens with zero attached hydrogens (tertiary/aromatic N) is 2. The van der Waals surface area contributed by atoms with Gasteiger partial charge in [-0.05, 0) is 64.7 Å². The van der Waals surface area contributed by atoms with Gasteiger partial charge in [-0.1, -0.05) is 20.8 Å². The molecule has 20 heavy (non-hydrogen) atoms. The van der Waals surface area contributed by atoms with Crippen LogP contribution in [0.15, 0.2) is 0 Å². The maximum atomic E-state index is 3.56. The Bertz CT molecular complexity index is 270. The van der Waals surface area contributed by atoms with E-state index in [1.54, 1.807) is 0 Å². The van der Waals surface area contributed by atoms with Gasteiger partial charge in [-0.15, -0.1) is 0 Å². The third-order valence-electron chi connectivity index (χ3n) is 5.05. The molecule has 0 amide bonds. The summed E-state index contributed by atoms with van der Waals surface area (Å²) in [5.74, 6) is 1.67. The Kier molecular flexibility index (Phi) is 6.96. The quantitative estimate of drug-likeness (QED) is 0.808. The summed E-state index contributed by atoms with van der Waals surface area (Å²) in [6.45, 7) is 10.8. The molecule has 0 spiro atoms. The zero-order valence-electron chi connectivity index (χ0n) is 14.9. The third kappa shape index (κ3) is 5.71. The summed E-state index contributed by atoms with van der Waals surface area (Å²) >= 11 is 0. The van der Waals surface area contributed by atoms with Crippen molar-refractivity contribution in [2.75, 3.05) is 47.8 Å². The summed E-state index contributed by atoms with van der Waals surface area (Å²) in [6.07, 6.45) is 4.10. The van der Waals surface area contributed by atoms with E-state index in [-0.39, 0.29) is 0 Å². The Morgan fingerprint density at radius 3 is 2.20 bits per heavy atom. The topological polar surface area (TPSA) is 18.5 Å². The summed E-state index contributed by atoms with van der Waals surface area (Å²) in [5, 5.41) is 3.56. The number of hydrogen-bond donors (Lipinski definition) is 1. The molecule has 0 heterocycles. The standard InChI is InChI=1S/C17H37N3/c1-17(2,3)15-8-9-16(18-4)14(12-15)13-20(7)11-10-19(5)6/h14-16,18H,8-13H2,1-7H3. The van der Waals surface area contributed by atoms with Crippen LogP contribution in [0, 0.1) is 17.3 Å². The summed E-state index contributed by atoms with van der Waals surface area (Å²) < 4.78 is 0. The maximum absolute atomic E-state index is 3.56. The van der Waals surface area contributed by atoms with Crippen molar-refractivity contribution in [3.8, 4) is 0 Å². The van der Waals surface area contributed by atoms with E-state index in [0.29, 0.717) is 11.5 Å². The van der Waals surface area contributed by atoms with Gasteiger partial charge in [0, 0.05) is 25.7 Å². The lowest BCUT2D eigenvalue weighted by molar-refractivity contribution is 0.0945. The van der Waals surface area contributed by atoms with Crippen molar-refractivity contribution in [1.29, 1.82) is 0 Å². The van der Waals surface area contributed by atoms with Crippen molar-refractivity contribution in [2.24, 2.45) is 17.3 Å². The van der Waals surface area contributed by atoms with Crippen molar-refractivity contribution >= 4 is 0 Å². The maximum Gasteiger partial charge on any atom is 0.0106 e. The monoisotopic (exact) mass is 283 g/mol. The molecule has 1 fully saturated rings. The second kappa shape index (κ2) is 7.77. The zero-order valence-corrected chi connectivity index (χ0v) is 14.9. The summed E-state index contributed by atoms with van der Waals surface area (Å²) in [5.41, 5.74) is 0.458. The Morgan fingerprint density at radius 2 is 1.70 bits per heavy atom. The van der Waals surface area contributed by atoms with Crippen molar-refractivity contribution in [3.05, 3.63) is 0 Å². The van der Waals surface area contributed by atoms with Crippen LogP contribution in [0.3, 0.4) is 0 Å². The Hall–Kier alpha value is -0.120. The van der Waals surface area contributed by atoms with Crippen LogP contribution in [0.5, 0.6) is 0 Å². The van der Waals surface area contributed by atoms with Crippen molar-refractivity contribution in [2.45, 2.75) is 46.1 Å². The molecule has 1 rings (SSSR count). The van der Waals surface area contributed by atoms with Crippen LogP contribution in [-0.4, -0.2) is 63.7 Å². The predicted octanol–water partition coefficient (Wildman–Crippen LogP) is 2.53. The fraction of sp³-hybridized carbons (Fsp3) is 1.00. The van der Waals surface area contributed by atoms with Crippen molar-refractivity contribution in [3.63, 3.8) is 0 Å². The SMILES string of the molecule is CNC1CCC(C(C)(C)C)CC1CN(C)CCN(C)C. The van der Waals surface area contributed by atoms with Crippen LogP contribution >= 0.6 is 0 Å². The molecule has 0 aromatic rings. The van der Waals surface area contributed by atoms with Gasteiger partial charge in [0.2, 0.25) is 0 Å². The molecule has 3 nitrogen and oxygen atoms in total. The molecule has 0 aliphatic heterocycles. The average molecular weight is 284 g/mol. The first-order valence-electron chi connectivity index (χ1n) is 8.24. The summed E-state index contributed by atoms with van der Waals surface area (Å²) in [7, 11) is 8.72. The largest absolute Gasteiger partial charge is 0.317 e. The highest BCUT2D eigenvalue weighted by Gasteiger charge is 2.35. The molecule has 120 valence electrons.